The Labute approximate surface area is 146 Å². The molecule has 0 aliphatic carbocycles. The van der Waals surface area contributed by atoms with Crippen LogP contribution in [0.15, 0.2) is 18.2 Å². The summed E-state index contributed by atoms with van der Waals surface area (Å²) in [4.78, 5) is 29.8. The van der Waals surface area contributed by atoms with Gasteiger partial charge in [-0.2, -0.15) is 0 Å². The molecule has 2 fully saturated rings. The van der Waals surface area contributed by atoms with E-state index in [1.807, 2.05) is 4.90 Å². The van der Waals surface area contributed by atoms with E-state index in [0.29, 0.717) is 24.6 Å². The van der Waals surface area contributed by atoms with Gasteiger partial charge in [-0.05, 0) is 31.4 Å². The third-order valence-corrected chi connectivity index (χ3v) is 5.11. The molecule has 0 saturated carbocycles. The van der Waals surface area contributed by atoms with Crippen molar-refractivity contribution < 1.29 is 18.4 Å². The van der Waals surface area contributed by atoms with E-state index in [4.69, 9.17) is 0 Å². The van der Waals surface area contributed by atoms with Gasteiger partial charge in [0.2, 0.25) is 11.8 Å². The molecule has 136 valence electrons. The van der Waals surface area contributed by atoms with Crippen LogP contribution in [-0.4, -0.2) is 66.3 Å². The van der Waals surface area contributed by atoms with Crippen LogP contribution in [0.2, 0.25) is 0 Å². The topological polar surface area (TPSA) is 43.9 Å². The van der Waals surface area contributed by atoms with E-state index in [-0.39, 0.29) is 30.9 Å². The number of rotatable bonds is 4. The summed E-state index contributed by atoms with van der Waals surface area (Å²) in [6, 6.07) is 3.19. The molecule has 0 radical (unpaired) electrons. The third kappa shape index (κ3) is 3.81. The third-order valence-electron chi connectivity index (χ3n) is 5.11. The van der Waals surface area contributed by atoms with Crippen LogP contribution in [0.1, 0.15) is 18.4 Å². The largest absolute Gasteiger partial charge is 0.347 e. The summed E-state index contributed by atoms with van der Waals surface area (Å²) in [6.45, 7) is 1.66. The summed E-state index contributed by atoms with van der Waals surface area (Å²) < 4.78 is 27.0. The maximum atomic E-state index is 13.9. The van der Waals surface area contributed by atoms with Gasteiger partial charge in [0.05, 0.1) is 12.6 Å². The first kappa shape index (κ1) is 17.8. The number of halogens is 2. The van der Waals surface area contributed by atoms with Gasteiger partial charge in [-0.1, -0.05) is 6.07 Å². The molecular formula is C18H23F2N3O2. The lowest BCUT2D eigenvalue weighted by Crippen LogP contribution is -2.59. The van der Waals surface area contributed by atoms with E-state index in [9.17, 15) is 18.4 Å². The monoisotopic (exact) mass is 351 g/mol. The standard InChI is InChI=1S/C18H23F2N3O2/c1-21(2)17(24)11-23-9-12-5-6-22(16(7-12)18(23)25)10-13-3-4-14(19)8-15(13)20/h3-4,8,12,16H,5-7,9-11H2,1-2H3/t12-,16+/m0/s1. The van der Waals surface area contributed by atoms with Crippen LogP contribution in [0.25, 0.3) is 0 Å². The average molecular weight is 351 g/mol. The SMILES string of the molecule is CN(C)C(=O)CN1C[C@H]2CCN(Cc3ccc(F)cc3F)[C@H](C2)C1=O. The number of likely N-dealkylation sites (tertiary alicyclic amines) is 2. The van der Waals surface area contributed by atoms with Crippen molar-refractivity contribution in [3.05, 3.63) is 35.4 Å². The van der Waals surface area contributed by atoms with Crippen LogP contribution in [0.5, 0.6) is 0 Å². The number of carbonyl (C=O) groups excluding carboxylic acids is 2. The molecule has 1 aromatic rings. The van der Waals surface area contributed by atoms with Gasteiger partial charge in [0, 0.05) is 38.8 Å². The molecule has 0 unspecified atom stereocenters. The second kappa shape index (κ2) is 7.07. The summed E-state index contributed by atoms with van der Waals surface area (Å²) in [5, 5.41) is 0. The molecule has 2 bridgehead atoms. The Kier molecular flexibility index (Phi) is 5.03. The highest BCUT2D eigenvalue weighted by Gasteiger charge is 2.41. The fraction of sp³-hybridized carbons (Fsp3) is 0.556. The van der Waals surface area contributed by atoms with Gasteiger partial charge in [0.15, 0.2) is 0 Å². The Morgan fingerprint density at radius 1 is 1.32 bits per heavy atom. The lowest BCUT2D eigenvalue weighted by atomic mass is 9.85. The number of piperidine rings is 2. The van der Waals surface area contributed by atoms with Gasteiger partial charge in [0.1, 0.15) is 11.6 Å². The summed E-state index contributed by atoms with van der Waals surface area (Å²) in [5.74, 6) is -1.02. The van der Waals surface area contributed by atoms with Gasteiger partial charge in [-0.3, -0.25) is 14.5 Å². The molecule has 0 aromatic heterocycles. The minimum absolute atomic E-state index is 0.0753. The molecule has 5 nitrogen and oxygen atoms in total. The van der Waals surface area contributed by atoms with Crippen molar-refractivity contribution in [2.75, 3.05) is 33.7 Å². The maximum Gasteiger partial charge on any atom is 0.241 e. The van der Waals surface area contributed by atoms with Gasteiger partial charge in [-0.15, -0.1) is 0 Å². The molecule has 2 aliphatic heterocycles. The molecule has 2 saturated heterocycles. The summed E-state index contributed by atoms with van der Waals surface area (Å²) in [6.07, 6.45) is 1.63. The van der Waals surface area contributed by atoms with Crippen molar-refractivity contribution in [2.24, 2.45) is 5.92 Å². The number of carbonyl (C=O) groups is 2. The lowest BCUT2D eigenvalue weighted by molar-refractivity contribution is -0.150. The number of hydrogen-bond donors (Lipinski definition) is 0. The quantitative estimate of drug-likeness (QED) is 0.825. The highest BCUT2D eigenvalue weighted by Crippen LogP contribution is 2.31. The molecule has 2 amide bonds. The van der Waals surface area contributed by atoms with Crippen LogP contribution in [0.4, 0.5) is 8.78 Å². The Hall–Kier alpha value is -2.02. The fourth-order valence-electron chi connectivity index (χ4n) is 3.63. The van der Waals surface area contributed by atoms with Crippen LogP contribution < -0.4 is 0 Å². The summed E-state index contributed by atoms with van der Waals surface area (Å²) in [7, 11) is 3.34. The Morgan fingerprint density at radius 3 is 2.76 bits per heavy atom. The Bertz CT molecular complexity index is 680. The van der Waals surface area contributed by atoms with Gasteiger partial charge in [0.25, 0.3) is 0 Å². The zero-order chi connectivity index (χ0) is 18.1. The molecule has 1 aromatic carbocycles. The number of fused-ring (bicyclic) bond motifs is 2. The van der Waals surface area contributed by atoms with Crippen molar-refractivity contribution in [1.82, 2.24) is 14.7 Å². The summed E-state index contributed by atoms with van der Waals surface area (Å²) >= 11 is 0. The van der Waals surface area contributed by atoms with Crippen LogP contribution in [0.3, 0.4) is 0 Å². The zero-order valence-electron chi connectivity index (χ0n) is 14.5. The molecule has 2 aliphatic rings. The number of hydrogen-bond acceptors (Lipinski definition) is 3. The van der Waals surface area contributed by atoms with Gasteiger partial charge in [-0.25, -0.2) is 8.78 Å². The second-order valence-corrected chi connectivity index (χ2v) is 7.12. The first-order valence-electron chi connectivity index (χ1n) is 8.52. The van der Waals surface area contributed by atoms with Crippen molar-refractivity contribution in [2.45, 2.75) is 25.4 Å². The molecule has 3 rings (SSSR count). The zero-order valence-corrected chi connectivity index (χ0v) is 14.5. The van der Waals surface area contributed by atoms with Gasteiger partial charge < -0.3 is 9.80 Å². The van der Waals surface area contributed by atoms with Crippen LogP contribution >= 0.6 is 0 Å². The van der Waals surface area contributed by atoms with Crippen molar-refractivity contribution in [1.29, 1.82) is 0 Å². The maximum absolute atomic E-state index is 13.9. The number of likely N-dealkylation sites (N-methyl/N-ethyl adjacent to an activating group) is 1. The summed E-state index contributed by atoms with van der Waals surface area (Å²) in [5.41, 5.74) is 0.383. The van der Waals surface area contributed by atoms with Crippen molar-refractivity contribution in [3.8, 4) is 0 Å². The van der Waals surface area contributed by atoms with E-state index in [1.165, 1.54) is 17.0 Å². The fourth-order valence-corrected chi connectivity index (χ4v) is 3.63. The molecule has 0 spiro atoms. The molecule has 2 atom stereocenters. The van der Waals surface area contributed by atoms with E-state index in [2.05, 4.69) is 0 Å². The van der Waals surface area contributed by atoms with Crippen molar-refractivity contribution >= 4 is 11.8 Å². The minimum Gasteiger partial charge on any atom is -0.347 e. The molecular weight excluding hydrogens is 328 g/mol. The number of amides is 2. The second-order valence-electron chi connectivity index (χ2n) is 7.12. The van der Waals surface area contributed by atoms with E-state index < -0.39 is 11.6 Å². The van der Waals surface area contributed by atoms with E-state index in [0.717, 1.165) is 18.9 Å². The number of benzene rings is 1. The highest BCUT2D eigenvalue weighted by molar-refractivity contribution is 5.88. The molecule has 7 heteroatoms. The Morgan fingerprint density at radius 2 is 2.08 bits per heavy atom. The van der Waals surface area contributed by atoms with Gasteiger partial charge >= 0.3 is 0 Å². The highest BCUT2D eigenvalue weighted by atomic mass is 19.1. The van der Waals surface area contributed by atoms with Crippen LogP contribution in [0, 0.1) is 17.6 Å². The first-order valence-corrected chi connectivity index (χ1v) is 8.52. The smallest absolute Gasteiger partial charge is 0.241 e. The minimum atomic E-state index is -0.609. The average Bonchev–Trinajstić information content (AvgIpc) is 2.56. The Balaban J connectivity index is 1.73. The predicted octanol–water partition coefficient (Wildman–Crippen LogP) is 1.48. The molecule has 0 N–H and O–H groups in total. The number of nitrogens with zero attached hydrogens (tertiary/aromatic N) is 3. The van der Waals surface area contributed by atoms with E-state index in [1.54, 1.807) is 19.0 Å². The lowest BCUT2D eigenvalue weighted by Gasteiger charge is -2.46. The normalized spacial score (nSPS) is 23.7. The van der Waals surface area contributed by atoms with Crippen LogP contribution in [-0.2, 0) is 16.1 Å². The first-order chi connectivity index (χ1) is 11.8. The molecule has 25 heavy (non-hydrogen) atoms. The van der Waals surface area contributed by atoms with E-state index >= 15 is 0 Å². The predicted molar refractivity (Wildman–Crippen MR) is 88.6 cm³/mol. The van der Waals surface area contributed by atoms with Crippen molar-refractivity contribution in [3.63, 3.8) is 0 Å². The molecule has 2 heterocycles.